The van der Waals surface area contributed by atoms with Crippen LogP contribution in [0.4, 0.5) is 4.79 Å². The fourth-order valence-corrected chi connectivity index (χ4v) is 4.73. The smallest absolute Gasteiger partial charge is 0.404 e. The third kappa shape index (κ3) is 2.16. The van der Waals surface area contributed by atoms with Crippen molar-refractivity contribution in [2.75, 3.05) is 34.5 Å². The highest BCUT2D eigenvalue weighted by Gasteiger charge is 2.72. The van der Waals surface area contributed by atoms with Crippen molar-refractivity contribution in [3.05, 3.63) is 22.6 Å². The zero-order chi connectivity index (χ0) is 19.5. The minimum Gasteiger partial charge on any atom is -0.494 e. The van der Waals surface area contributed by atoms with Crippen LogP contribution in [-0.2, 0) is 23.8 Å². The number of allylic oxidation sites excluding steroid dienone is 1. The van der Waals surface area contributed by atoms with E-state index in [1.807, 2.05) is 4.90 Å². The third-order valence-electron chi connectivity index (χ3n) is 5.78. The molecule has 1 amide bonds. The molecular weight excluding hydrogens is 356 g/mol. The molecule has 2 saturated heterocycles. The highest BCUT2D eigenvalue weighted by Crippen LogP contribution is 2.56. The molecule has 0 aromatic carbocycles. The van der Waals surface area contributed by atoms with Gasteiger partial charge >= 0.3 is 6.09 Å². The number of carbonyl (C=O) groups excluding carboxylic acids is 2. The summed E-state index contributed by atoms with van der Waals surface area (Å²) >= 11 is 0. The van der Waals surface area contributed by atoms with Gasteiger partial charge in [0.2, 0.25) is 5.78 Å². The highest BCUT2D eigenvalue weighted by molar-refractivity contribution is 6.52. The molecule has 3 aliphatic heterocycles. The number of methoxy groups -OCH3 is 2. The summed E-state index contributed by atoms with van der Waals surface area (Å²) in [4.78, 5) is 31.5. The van der Waals surface area contributed by atoms with Gasteiger partial charge in [-0.3, -0.25) is 4.79 Å². The molecule has 0 aromatic heterocycles. The van der Waals surface area contributed by atoms with Crippen LogP contribution in [0.1, 0.15) is 6.92 Å². The molecule has 4 rings (SSSR count). The van der Waals surface area contributed by atoms with Crippen LogP contribution in [0, 0.1) is 5.92 Å². The number of oxime groups is 1. The van der Waals surface area contributed by atoms with Crippen molar-refractivity contribution in [2.45, 2.75) is 24.7 Å². The highest BCUT2D eigenvalue weighted by atomic mass is 16.6. The molecule has 2 fully saturated rings. The molecule has 10 heteroatoms. The predicted octanol–water partition coefficient (Wildman–Crippen LogP) is -0.530. The van der Waals surface area contributed by atoms with Crippen LogP contribution in [0.3, 0.4) is 0 Å². The van der Waals surface area contributed by atoms with Gasteiger partial charge in [0, 0.05) is 30.8 Å². The Kier molecular flexibility index (Phi) is 3.93. The predicted molar refractivity (Wildman–Crippen MR) is 92.4 cm³/mol. The molecule has 10 nitrogen and oxygen atoms in total. The van der Waals surface area contributed by atoms with Gasteiger partial charge in [0.15, 0.2) is 11.4 Å². The summed E-state index contributed by atoms with van der Waals surface area (Å²) in [5.74, 6) is -0.321. The van der Waals surface area contributed by atoms with Gasteiger partial charge in [-0.2, -0.15) is 0 Å². The zero-order valence-corrected chi connectivity index (χ0v) is 15.6. The monoisotopic (exact) mass is 378 g/mol. The topological polar surface area (TPSA) is 135 Å². The summed E-state index contributed by atoms with van der Waals surface area (Å²) < 4.78 is 16.7. The number of ether oxygens (including phenoxy) is 3. The fraction of sp³-hybridized carbons (Fsp3) is 0.588. The number of nitrogens with zero attached hydrogens (tertiary/aromatic N) is 2. The summed E-state index contributed by atoms with van der Waals surface area (Å²) in [6.07, 6.45) is -0.909. The standard InChI is InChI=1S/C17H22N4O6/c1-7-11(20-26-4)13(22)10-8(6-27-16(18)23)17(25-3)15-9(19-15)5-21(17)12(10)14(7)24-2/h8-9,15,19H,5-6H2,1-4H3,(H2,18,23)/b20-11-/t8-,9+,15+,17-/m1/s1. The Morgan fingerprint density at radius 2 is 2.15 bits per heavy atom. The number of rotatable bonds is 5. The van der Waals surface area contributed by atoms with Crippen LogP contribution < -0.4 is 11.1 Å². The molecule has 146 valence electrons. The maximum atomic E-state index is 13.3. The number of fused-ring (bicyclic) bond motifs is 4. The van der Waals surface area contributed by atoms with Gasteiger partial charge in [-0.1, -0.05) is 5.16 Å². The molecule has 0 aromatic rings. The Bertz CT molecular complexity index is 818. The molecule has 0 spiro atoms. The first-order valence-electron chi connectivity index (χ1n) is 8.59. The van der Waals surface area contributed by atoms with Gasteiger partial charge in [-0.25, -0.2) is 4.79 Å². The SMILES string of the molecule is CO/N=C1\C(=O)C2=C(C(OC)=C1C)N1C[C@@H]3N[C@@H]3[C@]1(OC)[C@@H]2COC(N)=O. The lowest BCUT2D eigenvalue weighted by atomic mass is 9.82. The van der Waals surface area contributed by atoms with Gasteiger partial charge in [0.25, 0.3) is 0 Å². The van der Waals surface area contributed by atoms with E-state index in [0.29, 0.717) is 29.1 Å². The van der Waals surface area contributed by atoms with E-state index in [1.165, 1.54) is 7.11 Å². The molecule has 0 saturated carbocycles. The van der Waals surface area contributed by atoms with Crippen LogP contribution >= 0.6 is 0 Å². The summed E-state index contributed by atoms with van der Waals surface area (Å²) in [7, 11) is 4.50. The first-order valence-corrected chi connectivity index (χ1v) is 8.59. The van der Waals surface area contributed by atoms with Crippen molar-refractivity contribution in [1.29, 1.82) is 0 Å². The van der Waals surface area contributed by atoms with Crippen LogP contribution in [0.2, 0.25) is 0 Å². The van der Waals surface area contributed by atoms with Gasteiger partial charge < -0.3 is 35.0 Å². The van der Waals surface area contributed by atoms with Crippen molar-refractivity contribution in [3.63, 3.8) is 0 Å². The van der Waals surface area contributed by atoms with E-state index in [-0.39, 0.29) is 30.2 Å². The van der Waals surface area contributed by atoms with E-state index >= 15 is 0 Å². The summed E-state index contributed by atoms with van der Waals surface area (Å²) in [6, 6.07) is 0.237. The van der Waals surface area contributed by atoms with E-state index in [1.54, 1.807) is 21.1 Å². The van der Waals surface area contributed by atoms with Crippen molar-refractivity contribution in [3.8, 4) is 0 Å². The van der Waals surface area contributed by atoms with Crippen molar-refractivity contribution < 1.29 is 28.6 Å². The van der Waals surface area contributed by atoms with E-state index in [0.717, 1.165) is 0 Å². The summed E-state index contributed by atoms with van der Waals surface area (Å²) in [6.45, 7) is 2.31. The number of ketones is 1. The second-order valence-corrected chi connectivity index (χ2v) is 6.87. The Labute approximate surface area is 155 Å². The second kappa shape index (κ2) is 5.96. The number of carbonyl (C=O) groups is 2. The number of hydrogen-bond acceptors (Lipinski definition) is 9. The Hall–Kier alpha value is -2.59. The van der Waals surface area contributed by atoms with E-state index in [4.69, 9.17) is 24.8 Å². The third-order valence-corrected chi connectivity index (χ3v) is 5.78. The number of Topliss-reactive ketones (excluding diaryl/α,β-unsaturated/α-hetero) is 1. The van der Waals surface area contributed by atoms with Gasteiger partial charge in [-0.15, -0.1) is 0 Å². The molecule has 0 bridgehead atoms. The fourth-order valence-electron chi connectivity index (χ4n) is 4.73. The molecular formula is C17H22N4O6. The van der Waals surface area contributed by atoms with E-state index in [2.05, 4.69) is 10.5 Å². The van der Waals surface area contributed by atoms with Crippen molar-refractivity contribution in [1.82, 2.24) is 10.2 Å². The van der Waals surface area contributed by atoms with Crippen LogP contribution in [0.15, 0.2) is 27.8 Å². The number of nitrogens with one attached hydrogen (secondary N) is 1. The molecule has 0 unspecified atom stereocenters. The van der Waals surface area contributed by atoms with Crippen LogP contribution in [0.25, 0.3) is 0 Å². The van der Waals surface area contributed by atoms with Crippen LogP contribution in [-0.4, -0.2) is 74.8 Å². The number of hydrogen-bond donors (Lipinski definition) is 2. The zero-order valence-electron chi connectivity index (χ0n) is 15.6. The maximum Gasteiger partial charge on any atom is 0.404 e. The lowest BCUT2D eigenvalue weighted by molar-refractivity contribution is -0.132. The molecule has 0 radical (unpaired) electrons. The number of piperazine rings is 1. The van der Waals surface area contributed by atoms with Crippen molar-refractivity contribution >= 4 is 17.6 Å². The molecule has 4 aliphatic rings. The van der Waals surface area contributed by atoms with E-state index < -0.39 is 17.7 Å². The van der Waals surface area contributed by atoms with Crippen LogP contribution in [0.5, 0.6) is 0 Å². The average molecular weight is 378 g/mol. The normalized spacial score (nSPS) is 35.3. The second-order valence-electron chi connectivity index (χ2n) is 6.87. The molecule has 3 heterocycles. The minimum atomic E-state index is -0.909. The van der Waals surface area contributed by atoms with Gasteiger partial charge in [-0.05, 0) is 6.92 Å². The Morgan fingerprint density at radius 3 is 2.74 bits per heavy atom. The molecule has 4 atom stereocenters. The quantitative estimate of drug-likeness (QED) is 0.370. The minimum absolute atomic E-state index is 0.00334. The lowest BCUT2D eigenvalue weighted by Gasteiger charge is -2.40. The maximum absolute atomic E-state index is 13.3. The van der Waals surface area contributed by atoms with Gasteiger partial charge in [0.05, 0.1) is 24.8 Å². The molecule has 3 N–H and O–H groups in total. The summed E-state index contributed by atoms with van der Waals surface area (Å²) in [5.41, 5.74) is 6.14. The average Bonchev–Trinajstić information content (AvgIpc) is 3.25. The molecule has 27 heavy (non-hydrogen) atoms. The van der Waals surface area contributed by atoms with Crippen molar-refractivity contribution in [2.24, 2.45) is 16.8 Å². The number of primary amides is 1. The summed E-state index contributed by atoms with van der Waals surface area (Å²) in [5, 5.41) is 7.26. The Balaban J connectivity index is 1.89. The lowest BCUT2D eigenvalue weighted by Crippen LogP contribution is -2.55. The number of amides is 1. The largest absolute Gasteiger partial charge is 0.494 e. The van der Waals surface area contributed by atoms with Gasteiger partial charge in [0.1, 0.15) is 19.5 Å². The van der Waals surface area contributed by atoms with E-state index in [9.17, 15) is 9.59 Å². The first kappa shape index (κ1) is 17.8. The number of nitrogens with two attached hydrogens (primary N) is 1. The molecule has 1 aliphatic carbocycles. The first-order chi connectivity index (χ1) is 12.9. The Morgan fingerprint density at radius 1 is 1.41 bits per heavy atom.